The normalized spacial score (nSPS) is 14.9. The Morgan fingerprint density at radius 2 is 1.97 bits per heavy atom. The van der Waals surface area contributed by atoms with Crippen LogP contribution in [0.15, 0.2) is 29.2 Å². The van der Waals surface area contributed by atoms with Gasteiger partial charge in [-0.1, -0.05) is 11.6 Å². The van der Waals surface area contributed by atoms with Crippen LogP contribution in [0.25, 0.3) is 0 Å². The SMILES string of the molecule is COCCCN1CCS(=O)(=O)c2c(Cl)c(F)nc(Oc3ccc(C(=O)OC)cc3)c21. The van der Waals surface area contributed by atoms with Crippen LogP contribution in [-0.2, 0) is 19.3 Å². The summed E-state index contributed by atoms with van der Waals surface area (Å²) in [6, 6.07) is 5.87. The number of esters is 1. The molecule has 1 aliphatic heterocycles. The van der Waals surface area contributed by atoms with Gasteiger partial charge in [0.25, 0.3) is 0 Å². The fraction of sp³-hybridized carbons (Fsp3) is 0.368. The summed E-state index contributed by atoms with van der Waals surface area (Å²) < 4.78 is 55.1. The zero-order valence-corrected chi connectivity index (χ0v) is 17.9. The number of benzene rings is 1. The second-order valence-electron chi connectivity index (χ2n) is 6.47. The molecule has 0 saturated carbocycles. The molecule has 0 radical (unpaired) electrons. The molecule has 0 atom stereocenters. The van der Waals surface area contributed by atoms with Crippen LogP contribution in [-0.4, -0.2) is 59.0 Å². The number of fused-ring (bicyclic) bond motifs is 1. The second kappa shape index (κ2) is 9.15. The van der Waals surface area contributed by atoms with Gasteiger partial charge in [-0.25, -0.2) is 13.2 Å². The molecule has 0 fully saturated rings. The first kappa shape index (κ1) is 22.3. The lowest BCUT2D eigenvalue weighted by molar-refractivity contribution is 0.0600. The van der Waals surface area contributed by atoms with E-state index in [1.165, 1.54) is 31.4 Å². The van der Waals surface area contributed by atoms with Crippen molar-refractivity contribution in [3.8, 4) is 11.6 Å². The van der Waals surface area contributed by atoms with Crippen molar-refractivity contribution in [2.45, 2.75) is 11.3 Å². The Kier molecular flexibility index (Phi) is 6.79. The molecule has 11 heteroatoms. The van der Waals surface area contributed by atoms with Gasteiger partial charge in [0.1, 0.15) is 21.4 Å². The molecule has 0 bridgehead atoms. The van der Waals surface area contributed by atoms with Crippen molar-refractivity contribution in [3.63, 3.8) is 0 Å². The molecule has 1 aromatic heterocycles. The third-order valence-corrected chi connectivity index (χ3v) is 6.72. The summed E-state index contributed by atoms with van der Waals surface area (Å²) in [5, 5.41) is -0.560. The summed E-state index contributed by atoms with van der Waals surface area (Å²) in [5.41, 5.74) is 0.409. The van der Waals surface area contributed by atoms with Crippen LogP contribution < -0.4 is 9.64 Å². The van der Waals surface area contributed by atoms with Gasteiger partial charge in [0, 0.05) is 26.8 Å². The smallest absolute Gasteiger partial charge is 0.337 e. The average Bonchev–Trinajstić information content (AvgIpc) is 2.72. The number of hydrogen-bond acceptors (Lipinski definition) is 8. The van der Waals surface area contributed by atoms with Crippen LogP contribution in [0.5, 0.6) is 11.6 Å². The predicted molar refractivity (Wildman–Crippen MR) is 108 cm³/mol. The number of methoxy groups -OCH3 is 2. The Morgan fingerprint density at radius 1 is 1.27 bits per heavy atom. The number of nitrogens with zero attached hydrogens (tertiary/aromatic N) is 2. The summed E-state index contributed by atoms with van der Waals surface area (Å²) in [5.74, 6) is -1.86. The van der Waals surface area contributed by atoms with Gasteiger partial charge in [0.05, 0.1) is 18.4 Å². The minimum Gasteiger partial charge on any atom is -0.465 e. The van der Waals surface area contributed by atoms with Gasteiger partial charge < -0.3 is 19.1 Å². The lowest BCUT2D eigenvalue weighted by Gasteiger charge is -2.32. The number of hydrogen-bond donors (Lipinski definition) is 0. The van der Waals surface area contributed by atoms with Crippen LogP contribution >= 0.6 is 11.6 Å². The van der Waals surface area contributed by atoms with Crippen LogP contribution in [0.1, 0.15) is 16.8 Å². The van der Waals surface area contributed by atoms with E-state index in [9.17, 15) is 17.6 Å². The minimum atomic E-state index is -3.82. The van der Waals surface area contributed by atoms with Crippen LogP contribution in [0.4, 0.5) is 10.1 Å². The molecule has 1 aliphatic rings. The number of carbonyl (C=O) groups excluding carboxylic acids is 1. The number of sulfone groups is 1. The summed E-state index contributed by atoms with van der Waals surface area (Å²) in [4.78, 5) is 16.7. The van der Waals surface area contributed by atoms with Crippen LogP contribution in [0, 0.1) is 5.95 Å². The Labute approximate surface area is 178 Å². The maximum atomic E-state index is 14.4. The third kappa shape index (κ3) is 4.50. The number of carbonyl (C=O) groups is 1. The lowest BCUT2D eigenvalue weighted by Crippen LogP contribution is -2.37. The van der Waals surface area contributed by atoms with Gasteiger partial charge in [-0.05, 0) is 30.7 Å². The molecule has 3 rings (SSSR count). The van der Waals surface area contributed by atoms with Crippen molar-refractivity contribution in [1.82, 2.24) is 4.98 Å². The molecule has 0 amide bonds. The highest BCUT2D eigenvalue weighted by Gasteiger charge is 2.36. The predicted octanol–water partition coefficient (Wildman–Crippen LogP) is 3.08. The number of aromatic nitrogens is 1. The lowest BCUT2D eigenvalue weighted by atomic mass is 10.2. The molecule has 0 spiro atoms. The maximum absolute atomic E-state index is 14.4. The first-order valence-corrected chi connectivity index (χ1v) is 11.0. The molecule has 0 unspecified atom stereocenters. The monoisotopic (exact) mass is 458 g/mol. The fourth-order valence-corrected chi connectivity index (χ4v) is 5.09. The molecule has 8 nitrogen and oxygen atoms in total. The van der Waals surface area contributed by atoms with E-state index < -0.39 is 26.8 Å². The van der Waals surface area contributed by atoms with Crippen molar-refractivity contribution in [2.24, 2.45) is 0 Å². The van der Waals surface area contributed by atoms with E-state index in [4.69, 9.17) is 21.1 Å². The number of pyridine rings is 1. The fourth-order valence-electron chi connectivity index (χ4n) is 3.08. The molecular formula is C19H20ClFN2O6S. The molecule has 162 valence electrons. The zero-order chi connectivity index (χ0) is 21.9. The Balaban J connectivity index is 2.04. The molecule has 1 aromatic carbocycles. The number of rotatable bonds is 7. The Bertz CT molecular complexity index is 1050. The molecule has 2 heterocycles. The summed E-state index contributed by atoms with van der Waals surface area (Å²) >= 11 is 5.99. The van der Waals surface area contributed by atoms with E-state index in [-0.39, 0.29) is 34.5 Å². The highest BCUT2D eigenvalue weighted by atomic mass is 35.5. The Hall–Kier alpha value is -2.43. The van der Waals surface area contributed by atoms with Crippen molar-refractivity contribution in [3.05, 3.63) is 40.8 Å². The van der Waals surface area contributed by atoms with Crippen LogP contribution in [0.3, 0.4) is 0 Å². The second-order valence-corrected chi connectivity index (χ2v) is 8.89. The number of halogens is 2. The molecule has 0 saturated heterocycles. The molecule has 0 aliphatic carbocycles. The van der Waals surface area contributed by atoms with E-state index in [0.29, 0.717) is 25.1 Å². The molecule has 2 aromatic rings. The summed E-state index contributed by atoms with van der Waals surface area (Å²) in [6.45, 7) is 1.09. The largest absolute Gasteiger partial charge is 0.465 e. The van der Waals surface area contributed by atoms with Crippen LogP contribution in [0.2, 0.25) is 5.02 Å². The molecular weight excluding hydrogens is 439 g/mol. The van der Waals surface area contributed by atoms with Crippen molar-refractivity contribution in [2.75, 3.05) is 44.6 Å². The summed E-state index contributed by atoms with van der Waals surface area (Å²) in [6.07, 6.45) is 0.609. The van der Waals surface area contributed by atoms with E-state index >= 15 is 0 Å². The third-order valence-electron chi connectivity index (χ3n) is 4.52. The average molecular weight is 459 g/mol. The van der Waals surface area contributed by atoms with Crippen molar-refractivity contribution < 1.29 is 31.8 Å². The van der Waals surface area contributed by atoms with E-state index in [1.807, 2.05) is 0 Å². The Morgan fingerprint density at radius 3 is 2.60 bits per heavy atom. The van der Waals surface area contributed by atoms with Gasteiger partial charge in [-0.2, -0.15) is 9.37 Å². The first-order chi connectivity index (χ1) is 14.3. The van der Waals surface area contributed by atoms with E-state index in [1.54, 1.807) is 12.0 Å². The topological polar surface area (TPSA) is 95.0 Å². The quantitative estimate of drug-likeness (QED) is 0.355. The van der Waals surface area contributed by atoms with Crippen molar-refractivity contribution in [1.29, 1.82) is 0 Å². The van der Waals surface area contributed by atoms with Gasteiger partial charge in [0.15, 0.2) is 9.84 Å². The number of ether oxygens (including phenoxy) is 3. The van der Waals surface area contributed by atoms with Gasteiger partial charge >= 0.3 is 5.97 Å². The zero-order valence-electron chi connectivity index (χ0n) is 16.4. The first-order valence-electron chi connectivity index (χ1n) is 9.00. The van der Waals surface area contributed by atoms with Crippen molar-refractivity contribution >= 4 is 33.1 Å². The highest BCUT2D eigenvalue weighted by molar-refractivity contribution is 7.91. The van der Waals surface area contributed by atoms with E-state index in [0.717, 1.165) is 0 Å². The minimum absolute atomic E-state index is 0.112. The maximum Gasteiger partial charge on any atom is 0.337 e. The van der Waals surface area contributed by atoms with E-state index in [2.05, 4.69) is 9.72 Å². The van der Waals surface area contributed by atoms with Gasteiger partial charge in [-0.15, -0.1) is 0 Å². The number of anilines is 1. The molecule has 0 N–H and O–H groups in total. The highest BCUT2D eigenvalue weighted by Crippen LogP contribution is 2.44. The van der Waals surface area contributed by atoms with Gasteiger partial charge in [-0.3, -0.25) is 0 Å². The standard InChI is InChI=1S/C19H20ClFN2O6S/c1-27-10-3-8-23-9-11-30(25,26)16-14(20)17(21)22-18(15(16)23)29-13-6-4-12(5-7-13)19(24)28-2/h4-7H,3,8-11H2,1-2H3. The van der Waals surface area contributed by atoms with Gasteiger partial charge in [0.2, 0.25) is 11.8 Å². The molecule has 30 heavy (non-hydrogen) atoms. The summed E-state index contributed by atoms with van der Waals surface area (Å²) in [7, 11) is -0.995.